The molecule has 0 aliphatic heterocycles. The molecule has 2 atom stereocenters. The van der Waals surface area contributed by atoms with Crippen LogP contribution in [0, 0.1) is 0 Å². The van der Waals surface area contributed by atoms with E-state index in [0.717, 1.165) is 25.7 Å². The Balaban J connectivity index is 2.10. The first-order valence-electron chi connectivity index (χ1n) is 5.78. The van der Waals surface area contributed by atoms with Gasteiger partial charge in [0.15, 0.2) is 16.1 Å². The molecule has 1 aliphatic rings. The SMILES string of the molecule is NC1CCCCCC1Oc1cc(Cl)nnc1Cl. The molecule has 2 rings (SSSR count). The fourth-order valence-corrected chi connectivity index (χ4v) is 2.31. The first-order chi connectivity index (χ1) is 8.16. The maximum absolute atomic E-state index is 6.08. The highest BCUT2D eigenvalue weighted by Gasteiger charge is 2.23. The molecule has 1 fully saturated rings. The minimum atomic E-state index is -0.0183. The lowest BCUT2D eigenvalue weighted by molar-refractivity contribution is 0.162. The summed E-state index contributed by atoms with van der Waals surface area (Å²) in [5.74, 6) is 0.467. The maximum atomic E-state index is 6.08. The van der Waals surface area contributed by atoms with Crippen molar-refractivity contribution in [3.63, 3.8) is 0 Å². The number of aromatic nitrogens is 2. The molecular weight excluding hydrogens is 261 g/mol. The van der Waals surface area contributed by atoms with Gasteiger partial charge >= 0.3 is 0 Å². The number of nitrogens with zero attached hydrogens (tertiary/aromatic N) is 2. The Morgan fingerprint density at radius 3 is 2.76 bits per heavy atom. The molecule has 0 aromatic carbocycles. The third-order valence-corrected chi connectivity index (χ3v) is 3.42. The van der Waals surface area contributed by atoms with Crippen LogP contribution >= 0.6 is 23.2 Å². The van der Waals surface area contributed by atoms with Gasteiger partial charge in [-0.15, -0.1) is 10.2 Å². The number of hydrogen-bond acceptors (Lipinski definition) is 4. The van der Waals surface area contributed by atoms with E-state index >= 15 is 0 Å². The topological polar surface area (TPSA) is 61.0 Å². The van der Waals surface area contributed by atoms with E-state index in [4.69, 9.17) is 33.7 Å². The molecule has 2 N–H and O–H groups in total. The number of halogens is 2. The van der Waals surface area contributed by atoms with E-state index in [2.05, 4.69) is 10.2 Å². The van der Waals surface area contributed by atoms with E-state index in [0.29, 0.717) is 5.75 Å². The molecule has 17 heavy (non-hydrogen) atoms. The van der Waals surface area contributed by atoms with Crippen molar-refractivity contribution in [1.29, 1.82) is 0 Å². The van der Waals surface area contributed by atoms with Gasteiger partial charge in [-0.1, -0.05) is 36.0 Å². The second-order valence-electron chi connectivity index (χ2n) is 4.28. The lowest BCUT2D eigenvalue weighted by Gasteiger charge is -2.23. The van der Waals surface area contributed by atoms with Gasteiger partial charge in [0.1, 0.15) is 6.10 Å². The molecule has 0 bridgehead atoms. The molecule has 1 heterocycles. The zero-order valence-electron chi connectivity index (χ0n) is 9.40. The van der Waals surface area contributed by atoms with Crippen molar-refractivity contribution in [2.45, 2.75) is 44.2 Å². The van der Waals surface area contributed by atoms with Gasteiger partial charge in [-0.25, -0.2) is 0 Å². The second-order valence-corrected chi connectivity index (χ2v) is 5.03. The molecule has 1 saturated carbocycles. The molecule has 0 spiro atoms. The lowest BCUT2D eigenvalue weighted by atomic mass is 10.1. The summed E-state index contributed by atoms with van der Waals surface area (Å²) >= 11 is 11.7. The van der Waals surface area contributed by atoms with Crippen LogP contribution in [0.4, 0.5) is 0 Å². The summed E-state index contributed by atoms with van der Waals surface area (Å²) in [7, 11) is 0. The zero-order valence-corrected chi connectivity index (χ0v) is 10.9. The summed E-state index contributed by atoms with van der Waals surface area (Å²) in [6, 6.07) is 1.62. The molecule has 0 saturated heterocycles. The number of rotatable bonds is 2. The minimum Gasteiger partial charge on any atom is -0.485 e. The van der Waals surface area contributed by atoms with Crippen LogP contribution in [0.5, 0.6) is 5.75 Å². The molecule has 0 amide bonds. The highest BCUT2D eigenvalue weighted by Crippen LogP contribution is 2.28. The molecule has 6 heteroatoms. The van der Waals surface area contributed by atoms with E-state index in [-0.39, 0.29) is 22.5 Å². The van der Waals surface area contributed by atoms with Crippen molar-refractivity contribution in [2.24, 2.45) is 5.73 Å². The zero-order chi connectivity index (χ0) is 12.3. The van der Waals surface area contributed by atoms with Gasteiger partial charge < -0.3 is 10.5 Å². The molecule has 4 nitrogen and oxygen atoms in total. The Labute approximate surface area is 110 Å². The van der Waals surface area contributed by atoms with Gasteiger partial charge in [0.2, 0.25) is 0 Å². The van der Waals surface area contributed by atoms with Gasteiger partial charge in [0.05, 0.1) is 0 Å². The molecule has 94 valence electrons. The van der Waals surface area contributed by atoms with Crippen LogP contribution in [0.25, 0.3) is 0 Å². The van der Waals surface area contributed by atoms with E-state index in [1.54, 1.807) is 6.07 Å². The predicted octanol–water partition coefficient (Wildman–Crippen LogP) is 2.82. The molecule has 1 aliphatic carbocycles. The first kappa shape index (κ1) is 12.9. The van der Waals surface area contributed by atoms with Crippen LogP contribution in [0.3, 0.4) is 0 Å². The van der Waals surface area contributed by atoms with E-state index in [1.165, 1.54) is 6.42 Å². The van der Waals surface area contributed by atoms with Crippen LogP contribution in [-0.2, 0) is 0 Å². The Kier molecular flexibility index (Phi) is 4.42. The van der Waals surface area contributed by atoms with Gasteiger partial charge in [-0.05, 0) is 19.3 Å². The Hall–Kier alpha value is -0.580. The van der Waals surface area contributed by atoms with Crippen molar-refractivity contribution < 1.29 is 4.74 Å². The normalized spacial score (nSPS) is 25.4. The van der Waals surface area contributed by atoms with Crippen LogP contribution in [0.2, 0.25) is 10.3 Å². The van der Waals surface area contributed by atoms with Gasteiger partial charge in [0.25, 0.3) is 0 Å². The van der Waals surface area contributed by atoms with Crippen molar-refractivity contribution in [2.75, 3.05) is 0 Å². The Morgan fingerprint density at radius 2 is 1.94 bits per heavy atom. The smallest absolute Gasteiger partial charge is 0.193 e. The molecule has 0 radical (unpaired) electrons. The monoisotopic (exact) mass is 275 g/mol. The fraction of sp³-hybridized carbons (Fsp3) is 0.636. The van der Waals surface area contributed by atoms with Gasteiger partial charge in [-0.3, -0.25) is 0 Å². The lowest BCUT2D eigenvalue weighted by Crippen LogP contribution is -2.38. The largest absolute Gasteiger partial charge is 0.485 e. The third kappa shape index (κ3) is 3.44. The highest BCUT2D eigenvalue weighted by molar-refractivity contribution is 6.32. The second kappa shape index (κ2) is 5.85. The quantitative estimate of drug-likeness (QED) is 0.844. The standard InChI is InChI=1S/C11H15Cl2N3O/c12-10-6-9(11(13)16-15-10)17-8-5-3-1-2-4-7(8)14/h6-8H,1-5,14H2. The summed E-state index contributed by atoms with van der Waals surface area (Å²) < 4.78 is 5.82. The van der Waals surface area contributed by atoms with Crippen LogP contribution in [-0.4, -0.2) is 22.3 Å². The highest BCUT2D eigenvalue weighted by atomic mass is 35.5. The molecule has 1 aromatic heterocycles. The van der Waals surface area contributed by atoms with Crippen molar-refractivity contribution in [3.05, 3.63) is 16.4 Å². The van der Waals surface area contributed by atoms with Gasteiger partial charge in [0, 0.05) is 12.1 Å². The first-order valence-corrected chi connectivity index (χ1v) is 6.53. The molecule has 2 unspecified atom stereocenters. The predicted molar refractivity (Wildman–Crippen MR) is 67.5 cm³/mol. The summed E-state index contributed by atoms with van der Waals surface area (Å²) in [5.41, 5.74) is 6.08. The fourth-order valence-electron chi connectivity index (χ4n) is 2.03. The van der Waals surface area contributed by atoms with Crippen LogP contribution < -0.4 is 10.5 Å². The minimum absolute atomic E-state index is 0.0183. The molecule has 1 aromatic rings. The average Bonchev–Trinajstić information content (AvgIpc) is 2.50. The van der Waals surface area contributed by atoms with E-state index < -0.39 is 0 Å². The van der Waals surface area contributed by atoms with E-state index in [1.807, 2.05) is 0 Å². The Morgan fingerprint density at radius 1 is 1.18 bits per heavy atom. The molecular formula is C11H15Cl2N3O. The summed E-state index contributed by atoms with van der Waals surface area (Å²) in [5, 5.41) is 7.85. The maximum Gasteiger partial charge on any atom is 0.193 e. The van der Waals surface area contributed by atoms with Gasteiger partial charge in [-0.2, -0.15) is 0 Å². The Bertz CT molecular complexity index is 389. The van der Waals surface area contributed by atoms with Crippen LogP contribution in [0.1, 0.15) is 32.1 Å². The summed E-state index contributed by atoms with van der Waals surface area (Å²) in [6.45, 7) is 0. The van der Waals surface area contributed by atoms with Crippen molar-refractivity contribution >= 4 is 23.2 Å². The number of hydrogen-bond donors (Lipinski definition) is 1. The summed E-state index contributed by atoms with van der Waals surface area (Å²) in [4.78, 5) is 0. The summed E-state index contributed by atoms with van der Waals surface area (Å²) in [6.07, 6.45) is 5.39. The number of nitrogens with two attached hydrogens (primary N) is 1. The average molecular weight is 276 g/mol. The number of ether oxygens (including phenoxy) is 1. The van der Waals surface area contributed by atoms with Crippen LogP contribution in [0.15, 0.2) is 6.07 Å². The van der Waals surface area contributed by atoms with Crippen molar-refractivity contribution in [3.8, 4) is 5.75 Å². The van der Waals surface area contributed by atoms with E-state index in [9.17, 15) is 0 Å². The van der Waals surface area contributed by atoms with Crippen molar-refractivity contribution in [1.82, 2.24) is 10.2 Å². The third-order valence-electron chi connectivity index (χ3n) is 2.97.